The number of aromatic nitrogens is 6. The second kappa shape index (κ2) is 15.4. The van der Waals surface area contributed by atoms with Crippen molar-refractivity contribution in [2.45, 2.75) is 69.4 Å². The number of carbonyl (C=O) groups is 3. The molecule has 2 aliphatic heterocycles. The fourth-order valence-electron chi connectivity index (χ4n) is 10.2. The third-order valence-electron chi connectivity index (χ3n) is 14.1. The first-order valence-corrected chi connectivity index (χ1v) is 21.3. The highest BCUT2D eigenvalue weighted by molar-refractivity contribution is 6.00. The number of piperazine rings is 1. The predicted octanol–water partition coefficient (Wildman–Crippen LogP) is 4.89. The van der Waals surface area contributed by atoms with Gasteiger partial charge in [0, 0.05) is 88.5 Å². The van der Waals surface area contributed by atoms with Gasteiger partial charge >= 0.3 is 5.69 Å². The van der Waals surface area contributed by atoms with Crippen molar-refractivity contribution < 1.29 is 32.7 Å². The van der Waals surface area contributed by atoms with Gasteiger partial charge in [-0.05, 0) is 91.8 Å². The van der Waals surface area contributed by atoms with E-state index in [1.165, 1.54) is 4.57 Å². The molecule has 326 valence electrons. The van der Waals surface area contributed by atoms with Crippen LogP contribution in [-0.4, -0.2) is 88.9 Å². The van der Waals surface area contributed by atoms with Gasteiger partial charge in [-0.2, -0.15) is 4.39 Å². The highest BCUT2D eigenvalue weighted by Gasteiger charge is 2.50. The number of hydrogen-bond donors (Lipinski definition) is 3. The third kappa shape index (κ3) is 7.09. The Morgan fingerprint density at radius 2 is 1.63 bits per heavy atom. The first kappa shape index (κ1) is 40.5. The molecule has 2 aromatic carbocycles. The molecule has 0 unspecified atom stereocenters. The number of anilines is 1. The standard InChI is InChI=1S/C45H45F3N10O5/c1-54-33-18-26(2-3-31(33)58(43(54)63)32-4-5-36(59)53-41(32)62)23-55-14-16-56(17-15-55)42-49-21-28(22-50-42)27-6-13-57-24-34(52-35(57)19-27)45-10-7-44(8-11-45,9-12-45)25-51-40(61)29-20-30(46)39(60)38(48)37(29)47/h2-3,6,13,18-22,24,32,60H,4-5,7-12,14-17,23,25H2,1H3,(H,51,61)(H,53,59,62)/t32-,44?,45?/m1/s1. The Bertz CT molecular complexity index is 2880. The third-order valence-corrected chi connectivity index (χ3v) is 14.1. The van der Waals surface area contributed by atoms with Gasteiger partial charge in [-0.3, -0.25) is 33.7 Å². The number of halogens is 3. The Kier molecular flexibility index (Phi) is 9.87. The molecule has 18 heteroatoms. The van der Waals surface area contributed by atoms with E-state index in [0.717, 1.165) is 98.3 Å². The molecule has 63 heavy (non-hydrogen) atoms. The van der Waals surface area contributed by atoms with Crippen LogP contribution in [0.3, 0.4) is 0 Å². The maximum Gasteiger partial charge on any atom is 0.329 e. The summed E-state index contributed by atoms with van der Waals surface area (Å²) in [7, 11) is 1.70. The Balaban J connectivity index is 0.747. The lowest BCUT2D eigenvalue weighted by atomic mass is 9.53. The zero-order valence-electron chi connectivity index (χ0n) is 34.5. The molecule has 1 atom stereocenters. The number of piperidine rings is 1. The van der Waals surface area contributed by atoms with Gasteiger partial charge in [0.2, 0.25) is 23.6 Å². The normalized spacial score (nSPS) is 22.9. The lowest BCUT2D eigenvalue weighted by Gasteiger charge is -2.53. The number of fused-ring (bicyclic) bond motifs is 5. The molecule has 4 aromatic heterocycles. The summed E-state index contributed by atoms with van der Waals surface area (Å²) in [5.74, 6) is -7.23. The van der Waals surface area contributed by atoms with Gasteiger partial charge in [-0.1, -0.05) is 6.07 Å². The maximum atomic E-state index is 14.3. The van der Waals surface area contributed by atoms with E-state index in [9.17, 15) is 37.5 Å². The van der Waals surface area contributed by atoms with E-state index >= 15 is 0 Å². The maximum absolute atomic E-state index is 14.3. The molecule has 2 saturated heterocycles. The number of benzene rings is 2. The molecular formula is C45H45F3N10O5. The number of imide groups is 1. The number of nitrogens with one attached hydrogen (secondary N) is 2. The number of rotatable bonds is 9. The van der Waals surface area contributed by atoms with Crippen molar-refractivity contribution in [1.82, 2.24) is 44.0 Å². The molecule has 11 rings (SSSR count). The molecule has 0 spiro atoms. The van der Waals surface area contributed by atoms with Gasteiger partial charge < -0.3 is 19.7 Å². The predicted molar refractivity (Wildman–Crippen MR) is 224 cm³/mol. The van der Waals surface area contributed by atoms with E-state index in [1.807, 2.05) is 53.3 Å². The van der Waals surface area contributed by atoms with Crippen LogP contribution in [0.2, 0.25) is 0 Å². The minimum Gasteiger partial charge on any atom is -0.503 e. The summed E-state index contributed by atoms with van der Waals surface area (Å²) in [5, 5.41) is 14.4. The van der Waals surface area contributed by atoms with Gasteiger partial charge in [-0.25, -0.2) is 28.5 Å². The van der Waals surface area contributed by atoms with Gasteiger partial charge in [0.25, 0.3) is 5.91 Å². The first-order valence-electron chi connectivity index (χ1n) is 21.3. The number of amides is 3. The molecular weight excluding hydrogens is 818 g/mol. The number of carbonyl (C=O) groups excluding carboxylic acids is 3. The zero-order valence-corrected chi connectivity index (χ0v) is 34.5. The topological polar surface area (TPSA) is 172 Å². The number of phenols is 1. The molecule has 2 bridgehead atoms. The number of aromatic hydroxyl groups is 1. The molecule has 0 radical (unpaired) electrons. The Morgan fingerprint density at radius 1 is 0.905 bits per heavy atom. The van der Waals surface area contributed by atoms with Crippen LogP contribution >= 0.6 is 0 Å². The Labute approximate surface area is 358 Å². The quantitative estimate of drug-likeness (QED) is 0.134. The van der Waals surface area contributed by atoms with Crippen LogP contribution in [0.1, 0.15) is 79.0 Å². The van der Waals surface area contributed by atoms with Crippen LogP contribution in [0.5, 0.6) is 5.75 Å². The molecule has 5 fully saturated rings. The number of pyridine rings is 1. The first-order chi connectivity index (χ1) is 30.3. The monoisotopic (exact) mass is 862 g/mol. The van der Waals surface area contributed by atoms with Crippen molar-refractivity contribution in [1.29, 1.82) is 0 Å². The fourth-order valence-corrected chi connectivity index (χ4v) is 10.2. The van der Waals surface area contributed by atoms with Crippen LogP contribution in [0.4, 0.5) is 19.1 Å². The van der Waals surface area contributed by atoms with Crippen LogP contribution in [0.15, 0.2) is 66.0 Å². The van der Waals surface area contributed by atoms with E-state index in [-0.39, 0.29) is 35.4 Å². The summed E-state index contributed by atoms with van der Waals surface area (Å²) in [6.45, 7) is 4.03. The zero-order chi connectivity index (χ0) is 43.8. The summed E-state index contributed by atoms with van der Waals surface area (Å²) < 4.78 is 47.2. The Hall–Kier alpha value is -6.56. The average molecular weight is 863 g/mol. The van der Waals surface area contributed by atoms with Crippen molar-refractivity contribution in [3.05, 3.63) is 106 Å². The molecule has 6 aromatic rings. The molecule has 3 saturated carbocycles. The van der Waals surface area contributed by atoms with Crippen molar-refractivity contribution in [2.75, 3.05) is 37.6 Å². The van der Waals surface area contributed by atoms with E-state index in [0.29, 0.717) is 30.5 Å². The lowest BCUT2D eigenvalue weighted by Crippen LogP contribution is -2.49. The largest absolute Gasteiger partial charge is 0.503 e. The molecule has 3 N–H and O–H groups in total. The molecule has 3 amide bonds. The molecule has 5 aliphatic rings. The summed E-state index contributed by atoms with van der Waals surface area (Å²) in [6.07, 6.45) is 13.3. The minimum absolute atomic E-state index is 0.109. The van der Waals surface area contributed by atoms with Crippen molar-refractivity contribution in [3.8, 4) is 16.9 Å². The van der Waals surface area contributed by atoms with Crippen LogP contribution in [-0.2, 0) is 28.6 Å². The minimum atomic E-state index is -1.78. The number of nitrogens with zero attached hydrogens (tertiary/aromatic N) is 8. The van der Waals surface area contributed by atoms with Crippen LogP contribution < -0.4 is 21.2 Å². The molecule has 15 nitrogen and oxygen atoms in total. The second-order valence-electron chi connectivity index (χ2n) is 17.7. The van der Waals surface area contributed by atoms with Crippen molar-refractivity contribution in [2.24, 2.45) is 12.5 Å². The number of phenolic OH excluding ortho intramolecular Hbond substituents is 1. The van der Waals surface area contributed by atoms with E-state index < -0.39 is 46.6 Å². The SMILES string of the molecule is Cn1c(=O)n([C@@H]2CCC(=O)NC2=O)c2ccc(CN3CCN(c4ncc(-c5ccn6cc(C78CCC(CNC(=O)c9cc(F)c(O)c(F)c9F)(CC7)CC8)nc6c5)cn4)CC3)cc21. The smallest absolute Gasteiger partial charge is 0.329 e. The summed E-state index contributed by atoms with van der Waals surface area (Å²) in [6, 6.07) is 9.74. The summed E-state index contributed by atoms with van der Waals surface area (Å²) in [4.78, 5) is 69.3. The lowest BCUT2D eigenvalue weighted by molar-refractivity contribution is -0.135. The number of hydrogen-bond acceptors (Lipinski definition) is 10. The molecule has 3 aliphatic carbocycles. The van der Waals surface area contributed by atoms with Gasteiger partial charge in [0.1, 0.15) is 11.7 Å². The van der Waals surface area contributed by atoms with Crippen LogP contribution in [0, 0.1) is 22.9 Å². The van der Waals surface area contributed by atoms with Gasteiger partial charge in [-0.15, -0.1) is 0 Å². The van der Waals surface area contributed by atoms with E-state index in [4.69, 9.17) is 15.0 Å². The van der Waals surface area contributed by atoms with E-state index in [1.54, 1.807) is 11.6 Å². The van der Waals surface area contributed by atoms with Gasteiger partial charge in [0.05, 0.1) is 22.3 Å². The highest BCUT2D eigenvalue weighted by Crippen LogP contribution is 2.57. The molecule has 6 heterocycles. The van der Waals surface area contributed by atoms with Crippen molar-refractivity contribution in [3.63, 3.8) is 0 Å². The number of imidazole rings is 2. The summed E-state index contributed by atoms with van der Waals surface area (Å²) in [5.41, 5.74) is 4.75. The van der Waals surface area contributed by atoms with Crippen LogP contribution in [0.25, 0.3) is 27.8 Å². The average Bonchev–Trinajstić information content (AvgIpc) is 3.85. The van der Waals surface area contributed by atoms with Crippen molar-refractivity contribution >= 4 is 40.4 Å². The fraction of sp³-hybridized carbons (Fsp3) is 0.400. The van der Waals surface area contributed by atoms with Gasteiger partial charge in [0.15, 0.2) is 17.4 Å². The Morgan fingerprint density at radius 3 is 2.35 bits per heavy atom. The summed E-state index contributed by atoms with van der Waals surface area (Å²) >= 11 is 0. The highest BCUT2D eigenvalue weighted by atomic mass is 19.2. The van der Waals surface area contributed by atoms with E-state index in [2.05, 4.69) is 26.6 Å². The second-order valence-corrected chi connectivity index (χ2v) is 17.7. The number of aryl methyl sites for hydroxylation is 1.